The first kappa shape index (κ1) is 19.1. The zero-order chi connectivity index (χ0) is 20.6. The van der Waals surface area contributed by atoms with E-state index in [4.69, 9.17) is 0 Å². The highest BCUT2D eigenvalue weighted by atomic mass is 19.4. The van der Waals surface area contributed by atoms with Gasteiger partial charge in [0.05, 0.1) is 5.69 Å². The van der Waals surface area contributed by atoms with E-state index in [0.29, 0.717) is 32.0 Å². The van der Waals surface area contributed by atoms with Gasteiger partial charge in [0, 0.05) is 44.0 Å². The van der Waals surface area contributed by atoms with Crippen LogP contribution in [0.1, 0.15) is 17.1 Å². The van der Waals surface area contributed by atoms with Crippen molar-refractivity contribution in [2.24, 2.45) is 0 Å². The van der Waals surface area contributed by atoms with Crippen molar-refractivity contribution in [3.8, 4) is 5.82 Å². The second-order valence-corrected chi connectivity index (χ2v) is 6.81. The maximum absolute atomic E-state index is 12.9. The quantitative estimate of drug-likeness (QED) is 0.664. The number of rotatable bonds is 3. The first-order chi connectivity index (χ1) is 13.8. The van der Waals surface area contributed by atoms with Crippen molar-refractivity contribution < 1.29 is 13.2 Å². The lowest BCUT2D eigenvalue weighted by Crippen LogP contribution is -2.47. The predicted molar refractivity (Wildman–Crippen MR) is 100 cm³/mol. The third kappa shape index (κ3) is 3.98. The number of hydrogen-bond donors (Lipinski definition) is 0. The summed E-state index contributed by atoms with van der Waals surface area (Å²) in [5.41, 5.74) is 0.941. The van der Waals surface area contributed by atoms with Crippen molar-refractivity contribution in [2.75, 3.05) is 36.0 Å². The van der Waals surface area contributed by atoms with Gasteiger partial charge in [0.25, 0.3) is 0 Å². The van der Waals surface area contributed by atoms with Crippen LogP contribution in [0.3, 0.4) is 0 Å². The van der Waals surface area contributed by atoms with E-state index in [1.54, 1.807) is 4.68 Å². The molecule has 0 bridgehead atoms. The van der Waals surface area contributed by atoms with Gasteiger partial charge in [-0.15, -0.1) is 0 Å². The molecule has 0 aliphatic carbocycles. The smallest absolute Gasteiger partial charge is 0.353 e. The molecule has 29 heavy (non-hydrogen) atoms. The maximum atomic E-state index is 12.9. The van der Waals surface area contributed by atoms with E-state index in [-0.39, 0.29) is 5.82 Å². The summed E-state index contributed by atoms with van der Waals surface area (Å²) in [6.45, 7) is 6.11. The third-order valence-corrected chi connectivity index (χ3v) is 4.74. The van der Waals surface area contributed by atoms with Gasteiger partial charge in [0.1, 0.15) is 30.0 Å². The Hall–Kier alpha value is -3.24. The van der Waals surface area contributed by atoms with Gasteiger partial charge in [0.2, 0.25) is 0 Å². The average Bonchev–Trinajstić information content (AvgIpc) is 3.06. The molecular formula is C18H19F3N8. The molecule has 8 nitrogen and oxygen atoms in total. The first-order valence-electron chi connectivity index (χ1n) is 9.06. The summed E-state index contributed by atoms with van der Waals surface area (Å²) in [7, 11) is 0. The molecule has 152 valence electrons. The van der Waals surface area contributed by atoms with Crippen LogP contribution in [0.5, 0.6) is 0 Å². The molecule has 1 aliphatic rings. The zero-order valence-corrected chi connectivity index (χ0v) is 15.9. The van der Waals surface area contributed by atoms with E-state index in [1.165, 1.54) is 6.33 Å². The summed E-state index contributed by atoms with van der Waals surface area (Å²) < 4.78 is 40.4. The molecule has 0 radical (unpaired) electrons. The van der Waals surface area contributed by atoms with Gasteiger partial charge in [-0.3, -0.25) is 0 Å². The summed E-state index contributed by atoms with van der Waals surface area (Å²) in [6, 6.07) is 4.82. The highest BCUT2D eigenvalue weighted by Gasteiger charge is 2.33. The maximum Gasteiger partial charge on any atom is 0.433 e. The summed E-state index contributed by atoms with van der Waals surface area (Å²) in [6.07, 6.45) is -2.04. The molecule has 0 atom stereocenters. The monoisotopic (exact) mass is 404 g/mol. The summed E-state index contributed by atoms with van der Waals surface area (Å²) in [4.78, 5) is 19.9. The molecule has 0 amide bonds. The molecule has 1 saturated heterocycles. The Morgan fingerprint density at radius 3 is 1.86 bits per heavy atom. The minimum atomic E-state index is -4.49. The van der Waals surface area contributed by atoms with E-state index in [1.807, 2.05) is 30.9 Å². The summed E-state index contributed by atoms with van der Waals surface area (Å²) in [5.74, 6) is 1.70. The summed E-state index contributed by atoms with van der Waals surface area (Å²) in [5, 5.41) is 4.44. The second kappa shape index (κ2) is 7.30. The van der Waals surface area contributed by atoms with Crippen molar-refractivity contribution in [3.63, 3.8) is 0 Å². The summed E-state index contributed by atoms with van der Waals surface area (Å²) >= 11 is 0. The zero-order valence-electron chi connectivity index (χ0n) is 15.9. The molecule has 0 spiro atoms. The third-order valence-electron chi connectivity index (χ3n) is 4.74. The highest BCUT2D eigenvalue weighted by Crippen LogP contribution is 2.29. The van der Waals surface area contributed by atoms with Gasteiger partial charge in [0.15, 0.2) is 5.82 Å². The molecule has 3 aromatic rings. The van der Waals surface area contributed by atoms with Gasteiger partial charge in [-0.05, 0) is 19.9 Å². The number of nitrogens with zero attached hydrogens (tertiary/aromatic N) is 8. The van der Waals surface area contributed by atoms with Gasteiger partial charge < -0.3 is 9.80 Å². The largest absolute Gasteiger partial charge is 0.433 e. The Kier molecular flexibility index (Phi) is 4.81. The SMILES string of the molecule is Cc1cc(C)n(-c2cc(N3CCN(c4cc(C(F)(F)F)ncn4)CC3)ncn2)n1. The van der Waals surface area contributed by atoms with Crippen LogP contribution in [-0.4, -0.2) is 55.9 Å². The van der Waals surface area contributed by atoms with E-state index < -0.39 is 11.9 Å². The molecule has 4 rings (SSSR count). The van der Waals surface area contributed by atoms with Crippen LogP contribution in [0, 0.1) is 13.8 Å². The number of aromatic nitrogens is 6. The van der Waals surface area contributed by atoms with E-state index >= 15 is 0 Å². The molecule has 0 aromatic carbocycles. The fourth-order valence-corrected chi connectivity index (χ4v) is 3.33. The Balaban J connectivity index is 1.48. The van der Waals surface area contributed by atoms with Crippen LogP contribution in [0.2, 0.25) is 0 Å². The molecule has 3 aromatic heterocycles. The van der Waals surface area contributed by atoms with Crippen molar-refractivity contribution >= 4 is 11.6 Å². The van der Waals surface area contributed by atoms with Crippen LogP contribution in [-0.2, 0) is 6.18 Å². The molecule has 4 heterocycles. The number of alkyl halides is 3. The Morgan fingerprint density at radius 2 is 1.31 bits per heavy atom. The topological polar surface area (TPSA) is 75.9 Å². The van der Waals surface area contributed by atoms with E-state index in [0.717, 1.165) is 29.6 Å². The van der Waals surface area contributed by atoms with E-state index in [2.05, 4.69) is 29.9 Å². The van der Waals surface area contributed by atoms with Crippen molar-refractivity contribution in [1.82, 2.24) is 29.7 Å². The van der Waals surface area contributed by atoms with Gasteiger partial charge in [-0.1, -0.05) is 0 Å². The molecule has 0 N–H and O–H groups in total. The standard InChI is InChI=1S/C18H19F3N8/c1-12-7-13(2)29(26-12)17-9-16(24-11-25-17)28-5-3-27(4-6-28)15-8-14(18(19,20)21)22-10-23-15/h7-11H,3-6H2,1-2H3. The first-order valence-corrected chi connectivity index (χ1v) is 9.06. The van der Waals surface area contributed by atoms with E-state index in [9.17, 15) is 13.2 Å². The number of hydrogen-bond acceptors (Lipinski definition) is 7. The molecular weight excluding hydrogens is 385 g/mol. The normalized spacial score (nSPS) is 15.1. The average molecular weight is 404 g/mol. The van der Waals surface area contributed by atoms with Crippen LogP contribution < -0.4 is 9.80 Å². The van der Waals surface area contributed by atoms with Crippen LogP contribution in [0.4, 0.5) is 24.8 Å². The fourth-order valence-electron chi connectivity index (χ4n) is 3.33. The number of aryl methyl sites for hydroxylation is 2. The lowest BCUT2D eigenvalue weighted by atomic mass is 10.3. The second-order valence-electron chi connectivity index (χ2n) is 6.81. The molecule has 0 unspecified atom stereocenters. The fraction of sp³-hybridized carbons (Fsp3) is 0.389. The number of piperazine rings is 1. The Morgan fingerprint density at radius 1 is 0.759 bits per heavy atom. The van der Waals surface area contributed by atoms with Crippen molar-refractivity contribution in [1.29, 1.82) is 0 Å². The molecule has 11 heteroatoms. The lowest BCUT2D eigenvalue weighted by molar-refractivity contribution is -0.141. The molecule has 1 aliphatic heterocycles. The lowest BCUT2D eigenvalue weighted by Gasteiger charge is -2.36. The Bertz CT molecular complexity index is 1010. The van der Waals surface area contributed by atoms with Crippen LogP contribution >= 0.6 is 0 Å². The van der Waals surface area contributed by atoms with Gasteiger partial charge in [-0.2, -0.15) is 18.3 Å². The number of anilines is 2. The Labute approximate surface area is 165 Å². The van der Waals surface area contributed by atoms with Gasteiger partial charge in [-0.25, -0.2) is 24.6 Å². The minimum absolute atomic E-state index is 0.276. The van der Waals surface area contributed by atoms with Gasteiger partial charge >= 0.3 is 6.18 Å². The molecule has 0 saturated carbocycles. The van der Waals surface area contributed by atoms with Crippen molar-refractivity contribution in [2.45, 2.75) is 20.0 Å². The minimum Gasteiger partial charge on any atom is -0.353 e. The van der Waals surface area contributed by atoms with Crippen LogP contribution in [0.15, 0.2) is 30.9 Å². The van der Waals surface area contributed by atoms with Crippen molar-refractivity contribution in [3.05, 3.63) is 47.9 Å². The highest BCUT2D eigenvalue weighted by molar-refractivity contribution is 5.47. The predicted octanol–water partition coefficient (Wildman–Crippen LogP) is 2.41. The molecule has 1 fully saturated rings. The number of halogens is 3. The van der Waals surface area contributed by atoms with Crippen LogP contribution in [0.25, 0.3) is 5.82 Å².